The van der Waals surface area contributed by atoms with Gasteiger partial charge in [-0.3, -0.25) is 0 Å². The van der Waals surface area contributed by atoms with Gasteiger partial charge in [0.2, 0.25) is 0 Å². The first-order valence-electron chi connectivity index (χ1n) is 13.7. The predicted molar refractivity (Wildman–Crippen MR) is 133 cm³/mol. The van der Waals surface area contributed by atoms with E-state index in [1.54, 1.807) is 5.57 Å². The minimum absolute atomic E-state index is 0.0782. The summed E-state index contributed by atoms with van der Waals surface area (Å²) in [6, 6.07) is 0. The summed E-state index contributed by atoms with van der Waals surface area (Å²) in [5.41, 5.74) is 4.43. The third-order valence-corrected chi connectivity index (χ3v) is 11.2. The molecule has 1 heteroatoms. The van der Waals surface area contributed by atoms with Gasteiger partial charge in [0.05, 0.1) is 6.10 Å². The maximum Gasteiger partial charge on any atom is 0.0568 e. The van der Waals surface area contributed by atoms with Crippen molar-refractivity contribution >= 4 is 0 Å². The first-order chi connectivity index (χ1) is 14.6. The molecule has 0 aliphatic heterocycles. The molecule has 1 nitrogen and oxygen atoms in total. The van der Waals surface area contributed by atoms with Crippen LogP contribution in [-0.4, -0.2) is 11.2 Å². The molecule has 31 heavy (non-hydrogen) atoms. The van der Waals surface area contributed by atoms with Crippen LogP contribution in [0.1, 0.15) is 106 Å². The van der Waals surface area contributed by atoms with E-state index in [-0.39, 0.29) is 6.10 Å². The second kappa shape index (κ2) is 8.66. The van der Waals surface area contributed by atoms with Crippen molar-refractivity contribution in [1.29, 1.82) is 0 Å². The molecule has 3 saturated carbocycles. The van der Waals surface area contributed by atoms with Crippen molar-refractivity contribution in [3.63, 3.8) is 0 Å². The average Bonchev–Trinajstić information content (AvgIpc) is 3.08. The van der Waals surface area contributed by atoms with Crippen LogP contribution in [0.3, 0.4) is 0 Å². The van der Waals surface area contributed by atoms with E-state index in [0.717, 1.165) is 30.1 Å². The van der Waals surface area contributed by atoms with Gasteiger partial charge in [-0.15, -0.1) is 0 Å². The van der Waals surface area contributed by atoms with Crippen LogP contribution in [-0.2, 0) is 0 Å². The Morgan fingerprint density at radius 2 is 1.74 bits per heavy atom. The lowest BCUT2D eigenvalue weighted by Gasteiger charge is -2.59. The molecule has 0 bridgehead atoms. The minimum atomic E-state index is -0.0782. The van der Waals surface area contributed by atoms with Crippen LogP contribution >= 0.6 is 0 Å². The van der Waals surface area contributed by atoms with E-state index in [4.69, 9.17) is 0 Å². The summed E-state index contributed by atoms with van der Waals surface area (Å²) in [4.78, 5) is 0. The smallest absolute Gasteiger partial charge is 0.0568 e. The van der Waals surface area contributed by atoms with E-state index in [2.05, 4.69) is 60.6 Å². The van der Waals surface area contributed by atoms with Crippen molar-refractivity contribution in [2.24, 2.45) is 52.3 Å². The van der Waals surface area contributed by atoms with Crippen molar-refractivity contribution < 1.29 is 5.11 Å². The van der Waals surface area contributed by atoms with Gasteiger partial charge in [0.25, 0.3) is 0 Å². The van der Waals surface area contributed by atoms with E-state index < -0.39 is 0 Å². The summed E-state index contributed by atoms with van der Waals surface area (Å²) in [5, 5.41) is 10.5. The van der Waals surface area contributed by atoms with E-state index in [0.29, 0.717) is 28.6 Å². The maximum atomic E-state index is 10.5. The monoisotopic (exact) mass is 426 g/mol. The molecule has 0 aromatic carbocycles. The van der Waals surface area contributed by atoms with Crippen molar-refractivity contribution in [3.8, 4) is 0 Å². The van der Waals surface area contributed by atoms with Crippen molar-refractivity contribution in [1.82, 2.24) is 0 Å². The molecule has 0 radical (unpaired) electrons. The van der Waals surface area contributed by atoms with E-state index in [9.17, 15) is 5.11 Å². The lowest BCUT2D eigenvalue weighted by molar-refractivity contribution is -0.0772. The zero-order valence-electron chi connectivity index (χ0n) is 21.6. The summed E-state index contributed by atoms with van der Waals surface area (Å²) in [6.45, 7) is 17.1. The van der Waals surface area contributed by atoms with E-state index in [1.165, 1.54) is 51.4 Å². The lowest BCUT2D eigenvalue weighted by atomic mass is 9.46. The summed E-state index contributed by atoms with van der Waals surface area (Å²) >= 11 is 0. The third kappa shape index (κ3) is 3.79. The van der Waals surface area contributed by atoms with Gasteiger partial charge in [0, 0.05) is 0 Å². The number of hydrogen-bond acceptors (Lipinski definition) is 1. The number of aliphatic hydroxyl groups is 1. The van der Waals surface area contributed by atoms with Gasteiger partial charge in [-0.05, 0) is 110 Å². The Bertz CT molecular complexity index is 716. The molecule has 9 atom stereocenters. The molecule has 0 saturated heterocycles. The molecule has 0 unspecified atom stereocenters. The Hall–Kier alpha value is -0.560. The molecule has 4 aliphatic carbocycles. The Labute approximate surface area is 193 Å². The van der Waals surface area contributed by atoms with Crippen LogP contribution in [0.25, 0.3) is 0 Å². The molecule has 3 fully saturated rings. The largest absolute Gasteiger partial charge is 0.393 e. The average molecular weight is 427 g/mol. The number of fused-ring (bicyclic) bond motifs is 5. The highest BCUT2D eigenvalue weighted by Crippen LogP contribution is 2.67. The maximum absolute atomic E-state index is 10.5. The van der Waals surface area contributed by atoms with Gasteiger partial charge in [-0.25, -0.2) is 0 Å². The second-order valence-corrected chi connectivity index (χ2v) is 12.9. The fourth-order valence-electron chi connectivity index (χ4n) is 9.21. The molecular weight excluding hydrogens is 376 g/mol. The zero-order valence-corrected chi connectivity index (χ0v) is 21.6. The van der Waals surface area contributed by atoms with Crippen LogP contribution in [0.4, 0.5) is 0 Å². The van der Waals surface area contributed by atoms with Gasteiger partial charge in [0.15, 0.2) is 0 Å². The molecule has 4 aliphatic rings. The van der Waals surface area contributed by atoms with Crippen molar-refractivity contribution in [2.45, 2.75) is 112 Å². The molecule has 0 aromatic heterocycles. The van der Waals surface area contributed by atoms with Crippen LogP contribution < -0.4 is 0 Å². The molecule has 0 spiro atoms. The number of aliphatic hydroxyl groups excluding tert-OH is 1. The highest BCUT2D eigenvalue weighted by atomic mass is 16.3. The summed E-state index contributed by atoms with van der Waals surface area (Å²) in [7, 11) is 0. The summed E-state index contributed by atoms with van der Waals surface area (Å²) in [5.74, 6) is 5.10. The van der Waals surface area contributed by atoms with Crippen LogP contribution in [0.5, 0.6) is 0 Å². The van der Waals surface area contributed by atoms with Crippen molar-refractivity contribution in [2.75, 3.05) is 0 Å². The molecule has 0 amide bonds. The molecule has 176 valence electrons. The van der Waals surface area contributed by atoms with E-state index >= 15 is 0 Å². The highest BCUT2D eigenvalue weighted by Gasteiger charge is 2.59. The molecule has 1 N–H and O–H groups in total. The SMILES string of the molecule is CC/C(=C/C[C@@H](C)[C@H]1CC[C@H]2C3=CC[C@H]4[C@H](C)[C@@H](O)CC[C@]4(C)[C@H]3CC[C@]12C)C(C)C. The Morgan fingerprint density at radius 3 is 2.42 bits per heavy atom. The molecule has 4 rings (SSSR count). The Kier molecular flexibility index (Phi) is 6.59. The predicted octanol–water partition coefficient (Wildman–Crippen LogP) is 8.19. The minimum Gasteiger partial charge on any atom is -0.393 e. The standard InChI is InChI=1S/C30H50O/c1-8-22(19(2)3)10-9-20(4)24-13-14-26-23-11-12-25-21(5)28(31)16-18-30(25,7)27(23)15-17-29(24,26)6/h10-11,19-21,24-28,31H,8-9,12-18H2,1-7H3/b22-10-/t20-,21+,24-,25+,26+,27+,28+,29-,30+/m1/s1. The Morgan fingerprint density at radius 1 is 1.06 bits per heavy atom. The van der Waals surface area contributed by atoms with E-state index in [1.807, 2.05) is 5.57 Å². The lowest BCUT2D eigenvalue weighted by Crippen LogP contribution is -2.52. The second-order valence-electron chi connectivity index (χ2n) is 12.9. The molecule has 0 heterocycles. The zero-order chi connectivity index (χ0) is 22.6. The summed E-state index contributed by atoms with van der Waals surface area (Å²) in [6.07, 6.45) is 16.8. The fraction of sp³-hybridized carbons (Fsp3) is 0.867. The van der Waals surface area contributed by atoms with Gasteiger partial charge in [-0.2, -0.15) is 0 Å². The van der Waals surface area contributed by atoms with Crippen molar-refractivity contribution in [3.05, 3.63) is 23.3 Å². The third-order valence-electron chi connectivity index (χ3n) is 11.2. The number of allylic oxidation sites excluding steroid dienone is 4. The number of rotatable bonds is 5. The topological polar surface area (TPSA) is 20.2 Å². The molecule has 0 aromatic rings. The van der Waals surface area contributed by atoms with Gasteiger partial charge < -0.3 is 5.11 Å². The van der Waals surface area contributed by atoms with Crippen LogP contribution in [0.2, 0.25) is 0 Å². The number of hydrogen-bond donors (Lipinski definition) is 1. The van der Waals surface area contributed by atoms with Crippen LogP contribution in [0, 0.1) is 52.3 Å². The highest BCUT2D eigenvalue weighted by molar-refractivity contribution is 5.28. The van der Waals surface area contributed by atoms with Gasteiger partial charge >= 0.3 is 0 Å². The molecular formula is C30H50O. The first kappa shape index (κ1) is 23.6. The van der Waals surface area contributed by atoms with Gasteiger partial charge in [-0.1, -0.05) is 71.8 Å². The normalized spacial score (nSPS) is 46.2. The fourth-order valence-corrected chi connectivity index (χ4v) is 9.21. The van der Waals surface area contributed by atoms with Crippen LogP contribution in [0.15, 0.2) is 23.3 Å². The summed E-state index contributed by atoms with van der Waals surface area (Å²) < 4.78 is 0. The van der Waals surface area contributed by atoms with Gasteiger partial charge in [0.1, 0.15) is 0 Å². The first-order valence-corrected chi connectivity index (χ1v) is 13.7. The Balaban J connectivity index is 1.54. The quantitative estimate of drug-likeness (QED) is 0.439.